The van der Waals surface area contributed by atoms with Gasteiger partial charge in [0, 0.05) is 48.9 Å². The van der Waals surface area contributed by atoms with Crippen molar-refractivity contribution in [2.45, 2.75) is 26.2 Å². The molecule has 2 rings (SSSR count). The van der Waals surface area contributed by atoms with E-state index in [0.717, 1.165) is 45.6 Å². The molecule has 1 N–H and O–H groups in total. The molecule has 0 aromatic carbocycles. The molecule has 1 aliphatic heterocycles. The average Bonchev–Trinajstić information content (AvgIpc) is 2.85. The SMILES string of the molecule is Cc1ccc(CCCC(=O)N2CCN(CCO)CC2)s1. The fourth-order valence-corrected chi connectivity index (χ4v) is 3.49. The highest BCUT2D eigenvalue weighted by Gasteiger charge is 2.20. The van der Waals surface area contributed by atoms with E-state index in [-0.39, 0.29) is 12.5 Å². The molecule has 1 fully saturated rings. The van der Waals surface area contributed by atoms with Gasteiger partial charge in [0.05, 0.1) is 6.61 Å². The van der Waals surface area contributed by atoms with E-state index in [2.05, 4.69) is 24.0 Å². The number of aryl methyl sites for hydroxylation is 2. The lowest BCUT2D eigenvalue weighted by Crippen LogP contribution is -2.49. The Hall–Kier alpha value is -0.910. The van der Waals surface area contributed by atoms with Crippen LogP contribution in [0.15, 0.2) is 12.1 Å². The van der Waals surface area contributed by atoms with Gasteiger partial charge < -0.3 is 10.0 Å². The number of amides is 1. The van der Waals surface area contributed by atoms with Gasteiger partial charge in [-0.1, -0.05) is 0 Å². The highest BCUT2D eigenvalue weighted by Crippen LogP contribution is 2.17. The number of carbonyl (C=O) groups excluding carboxylic acids is 1. The number of rotatable bonds is 6. The number of nitrogens with zero attached hydrogens (tertiary/aromatic N) is 2. The van der Waals surface area contributed by atoms with Crippen LogP contribution in [-0.4, -0.2) is 60.1 Å². The number of aliphatic hydroxyl groups excluding tert-OH is 1. The van der Waals surface area contributed by atoms with E-state index in [1.807, 2.05) is 16.2 Å². The molecular weight excluding hydrogens is 272 g/mol. The summed E-state index contributed by atoms with van der Waals surface area (Å²) in [6, 6.07) is 4.31. The molecule has 1 amide bonds. The first-order valence-electron chi connectivity index (χ1n) is 7.35. The van der Waals surface area contributed by atoms with Crippen LogP contribution in [-0.2, 0) is 11.2 Å². The number of carbonyl (C=O) groups is 1. The van der Waals surface area contributed by atoms with E-state index < -0.39 is 0 Å². The minimum atomic E-state index is 0.203. The van der Waals surface area contributed by atoms with Gasteiger partial charge in [0.25, 0.3) is 0 Å². The summed E-state index contributed by atoms with van der Waals surface area (Å²) in [4.78, 5) is 19.0. The fraction of sp³-hybridized carbons (Fsp3) is 0.667. The first-order chi connectivity index (χ1) is 9.69. The average molecular weight is 296 g/mol. The molecule has 1 aliphatic rings. The molecule has 0 aliphatic carbocycles. The van der Waals surface area contributed by atoms with Crippen molar-refractivity contribution in [3.8, 4) is 0 Å². The van der Waals surface area contributed by atoms with Gasteiger partial charge in [0.15, 0.2) is 0 Å². The molecule has 0 saturated carbocycles. The lowest BCUT2D eigenvalue weighted by Gasteiger charge is -2.34. The summed E-state index contributed by atoms with van der Waals surface area (Å²) < 4.78 is 0. The Labute approximate surface area is 125 Å². The molecule has 0 spiro atoms. The Morgan fingerprint density at radius 3 is 2.65 bits per heavy atom. The van der Waals surface area contributed by atoms with E-state index in [1.54, 1.807) is 0 Å². The van der Waals surface area contributed by atoms with Crippen molar-refractivity contribution in [3.63, 3.8) is 0 Å². The first kappa shape index (κ1) is 15.5. The zero-order valence-corrected chi connectivity index (χ0v) is 13.0. The van der Waals surface area contributed by atoms with Crippen molar-refractivity contribution in [2.75, 3.05) is 39.3 Å². The Bertz CT molecular complexity index is 425. The van der Waals surface area contributed by atoms with Crippen LogP contribution >= 0.6 is 11.3 Å². The van der Waals surface area contributed by atoms with Gasteiger partial charge in [-0.15, -0.1) is 11.3 Å². The Kier molecular flexibility index (Phi) is 6.01. The standard InChI is InChI=1S/C15H24N2O2S/c1-13-5-6-14(20-13)3-2-4-15(19)17-9-7-16(8-10-17)11-12-18/h5-6,18H,2-4,7-12H2,1H3. The van der Waals surface area contributed by atoms with Crippen molar-refractivity contribution in [2.24, 2.45) is 0 Å². The summed E-state index contributed by atoms with van der Waals surface area (Å²) in [5.74, 6) is 0.280. The topological polar surface area (TPSA) is 43.8 Å². The van der Waals surface area contributed by atoms with Gasteiger partial charge in [-0.3, -0.25) is 9.69 Å². The monoisotopic (exact) mass is 296 g/mol. The van der Waals surface area contributed by atoms with Crippen LogP contribution in [0.3, 0.4) is 0 Å². The second-order valence-electron chi connectivity index (χ2n) is 5.31. The van der Waals surface area contributed by atoms with Crippen LogP contribution < -0.4 is 0 Å². The second kappa shape index (κ2) is 7.76. The molecule has 0 unspecified atom stereocenters. The Balaban J connectivity index is 1.65. The highest BCUT2D eigenvalue weighted by molar-refractivity contribution is 7.11. The molecule has 1 saturated heterocycles. The van der Waals surface area contributed by atoms with Crippen molar-refractivity contribution >= 4 is 17.2 Å². The summed E-state index contributed by atoms with van der Waals surface area (Å²) in [5.41, 5.74) is 0. The van der Waals surface area contributed by atoms with Gasteiger partial charge in [0.1, 0.15) is 0 Å². The smallest absolute Gasteiger partial charge is 0.222 e. The van der Waals surface area contributed by atoms with Crippen LogP contribution in [0, 0.1) is 6.92 Å². The fourth-order valence-electron chi connectivity index (χ4n) is 2.55. The molecule has 20 heavy (non-hydrogen) atoms. The molecule has 4 nitrogen and oxygen atoms in total. The summed E-state index contributed by atoms with van der Waals surface area (Å²) in [6.07, 6.45) is 2.60. The Morgan fingerprint density at radius 1 is 1.30 bits per heavy atom. The quantitative estimate of drug-likeness (QED) is 0.865. The minimum Gasteiger partial charge on any atom is -0.395 e. The van der Waals surface area contributed by atoms with Crippen LogP contribution in [0.1, 0.15) is 22.6 Å². The maximum Gasteiger partial charge on any atom is 0.222 e. The maximum atomic E-state index is 12.1. The maximum absolute atomic E-state index is 12.1. The largest absolute Gasteiger partial charge is 0.395 e. The van der Waals surface area contributed by atoms with Gasteiger partial charge in [-0.25, -0.2) is 0 Å². The van der Waals surface area contributed by atoms with Crippen LogP contribution in [0.5, 0.6) is 0 Å². The second-order valence-corrected chi connectivity index (χ2v) is 6.68. The molecule has 2 heterocycles. The van der Waals surface area contributed by atoms with Crippen LogP contribution in [0.2, 0.25) is 0 Å². The predicted octanol–water partition coefficient (Wildman–Crippen LogP) is 1.52. The van der Waals surface area contributed by atoms with E-state index in [9.17, 15) is 4.79 Å². The molecule has 1 aromatic rings. The number of thiophene rings is 1. The zero-order valence-electron chi connectivity index (χ0n) is 12.2. The molecule has 1 aromatic heterocycles. The predicted molar refractivity (Wildman–Crippen MR) is 82.1 cm³/mol. The number of hydrogen-bond acceptors (Lipinski definition) is 4. The van der Waals surface area contributed by atoms with E-state index >= 15 is 0 Å². The van der Waals surface area contributed by atoms with Crippen LogP contribution in [0.4, 0.5) is 0 Å². The molecular formula is C15H24N2O2S. The Morgan fingerprint density at radius 2 is 2.05 bits per heavy atom. The van der Waals surface area contributed by atoms with Gasteiger partial charge in [-0.2, -0.15) is 0 Å². The third-order valence-electron chi connectivity index (χ3n) is 3.75. The lowest BCUT2D eigenvalue weighted by molar-refractivity contribution is -0.133. The summed E-state index contributed by atoms with van der Waals surface area (Å²) in [5, 5.41) is 8.90. The molecule has 5 heteroatoms. The normalized spacial score (nSPS) is 16.6. The number of β-amino-alcohol motifs (C(OH)–C–C–N with tert-alkyl or cyclic N) is 1. The molecule has 112 valence electrons. The summed E-state index contributed by atoms with van der Waals surface area (Å²) in [7, 11) is 0. The van der Waals surface area contributed by atoms with Crippen molar-refractivity contribution in [1.82, 2.24) is 9.80 Å². The third kappa shape index (κ3) is 4.58. The summed E-state index contributed by atoms with van der Waals surface area (Å²) >= 11 is 1.83. The lowest BCUT2D eigenvalue weighted by atomic mass is 10.2. The number of aliphatic hydroxyl groups is 1. The van der Waals surface area contributed by atoms with Gasteiger partial charge >= 0.3 is 0 Å². The molecule has 0 radical (unpaired) electrons. The zero-order chi connectivity index (χ0) is 14.4. The van der Waals surface area contributed by atoms with E-state index in [4.69, 9.17) is 5.11 Å². The number of piperazine rings is 1. The van der Waals surface area contributed by atoms with Crippen molar-refractivity contribution in [1.29, 1.82) is 0 Å². The van der Waals surface area contributed by atoms with E-state index in [1.165, 1.54) is 9.75 Å². The van der Waals surface area contributed by atoms with Gasteiger partial charge in [-0.05, 0) is 31.9 Å². The molecule has 0 bridgehead atoms. The minimum absolute atomic E-state index is 0.203. The molecule has 0 atom stereocenters. The highest BCUT2D eigenvalue weighted by atomic mass is 32.1. The third-order valence-corrected chi connectivity index (χ3v) is 4.81. The summed E-state index contributed by atoms with van der Waals surface area (Å²) in [6.45, 7) is 6.42. The van der Waals surface area contributed by atoms with Crippen molar-refractivity contribution in [3.05, 3.63) is 21.9 Å². The number of hydrogen-bond donors (Lipinski definition) is 1. The van der Waals surface area contributed by atoms with E-state index in [0.29, 0.717) is 6.42 Å². The van der Waals surface area contributed by atoms with Gasteiger partial charge in [0.2, 0.25) is 5.91 Å². The first-order valence-corrected chi connectivity index (χ1v) is 8.17. The van der Waals surface area contributed by atoms with Crippen molar-refractivity contribution < 1.29 is 9.90 Å². The van der Waals surface area contributed by atoms with Crippen LogP contribution in [0.25, 0.3) is 0 Å².